The number of aryl methyl sites for hydroxylation is 1. The Hall–Kier alpha value is -3.39. The van der Waals surface area contributed by atoms with E-state index in [4.69, 9.17) is 4.98 Å². The fourth-order valence-electron chi connectivity index (χ4n) is 3.76. The standard InChI is InChI=1S/C25H20N2/c1-18-13-15-20(16-14-18)25-26-23-11-4-5-12-24(23)27(25)17-21-9-6-8-19-7-2-3-10-22(19)21/h2-16H,17H2,1H3. The van der Waals surface area contributed by atoms with Gasteiger partial charge in [0.25, 0.3) is 0 Å². The van der Waals surface area contributed by atoms with Crippen molar-refractivity contribution in [2.24, 2.45) is 0 Å². The lowest BCUT2D eigenvalue weighted by Crippen LogP contribution is -2.03. The average molecular weight is 348 g/mol. The molecule has 4 aromatic carbocycles. The second-order valence-corrected chi connectivity index (χ2v) is 7.01. The quantitative estimate of drug-likeness (QED) is 0.379. The summed E-state index contributed by atoms with van der Waals surface area (Å²) < 4.78 is 2.34. The van der Waals surface area contributed by atoms with Crippen LogP contribution in [-0.4, -0.2) is 9.55 Å². The molecular formula is C25H20N2. The van der Waals surface area contributed by atoms with Crippen LogP contribution in [0.5, 0.6) is 0 Å². The maximum Gasteiger partial charge on any atom is 0.141 e. The molecule has 0 radical (unpaired) electrons. The van der Waals surface area contributed by atoms with Crippen LogP contribution in [0, 0.1) is 6.92 Å². The second-order valence-electron chi connectivity index (χ2n) is 7.01. The largest absolute Gasteiger partial charge is 0.319 e. The first-order valence-electron chi connectivity index (χ1n) is 9.28. The highest BCUT2D eigenvalue weighted by atomic mass is 15.1. The van der Waals surface area contributed by atoms with Crippen molar-refractivity contribution >= 4 is 21.8 Å². The summed E-state index contributed by atoms with van der Waals surface area (Å²) in [5.74, 6) is 1.02. The van der Waals surface area contributed by atoms with E-state index in [1.165, 1.54) is 27.4 Å². The first-order valence-corrected chi connectivity index (χ1v) is 9.28. The van der Waals surface area contributed by atoms with Gasteiger partial charge in [-0.25, -0.2) is 4.98 Å². The average Bonchev–Trinajstić information content (AvgIpc) is 3.07. The smallest absolute Gasteiger partial charge is 0.141 e. The van der Waals surface area contributed by atoms with Gasteiger partial charge in [0.15, 0.2) is 0 Å². The molecule has 0 bridgehead atoms. The molecule has 1 aromatic heterocycles. The van der Waals surface area contributed by atoms with Crippen LogP contribution in [-0.2, 0) is 6.54 Å². The first kappa shape index (κ1) is 15.8. The maximum atomic E-state index is 4.95. The molecule has 0 atom stereocenters. The number of rotatable bonds is 3. The number of para-hydroxylation sites is 2. The topological polar surface area (TPSA) is 17.8 Å². The lowest BCUT2D eigenvalue weighted by Gasteiger charge is -2.12. The number of fused-ring (bicyclic) bond motifs is 2. The van der Waals surface area contributed by atoms with Gasteiger partial charge < -0.3 is 4.57 Å². The number of hydrogen-bond donors (Lipinski definition) is 0. The van der Waals surface area contributed by atoms with E-state index in [9.17, 15) is 0 Å². The van der Waals surface area contributed by atoms with E-state index >= 15 is 0 Å². The molecule has 0 spiro atoms. The van der Waals surface area contributed by atoms with Gasteiger partial charge in [0, 0.05) is 5.56 Å². The molecule has 0 fully saturated rings. The van der Waals surface area contributed by atoms with Crippen molar-refractivity contribution in [3.8, 4) is 11.4 Å². The molecule has 0 unspecified atom stereocenters. The Labute approximate surface area is 158 Å². The van der Waals surface area contributed by atoms with Crippen LogP contribution in [0.15, 0.2) is 91.0 Å². The van der Waals surface area contributed by atoms with Crippen molar-refractivity contribution in [3.63, 3.8) is 0 Å². The van der Waals surface area contributed by atoms with Gasteiger partial charge >= 0.3 is 0 Å². The number of benzene rings is 4. The number of hydrogen-bond acceptors (Lipinski definition) is 1. The SMILES string of the molecule is Cc1ccc(-c2nc3ccccc3n2Cc2cccc3ccccc23)cc1. The van der Waals surface area contributed by atoms with Crippen LogP contribution in [0.1, 0.15) is 11.1 Å². The van der Waals surface area contributed by atoms with Crippen molar-refractivity contribution in [1.29, 1.82) is 0 Å². The van der Waals surface area contributed by atoms with Gasteiger partial charge in [0.05, 0.1) is 17.6 Å². The second kappa shape index (κ2) is 6.40. The fraction of sp³-hybridized carbons (Fsp3) is 0.0800. The zero-order valence-electron chi connectivity index (χ0n) is 15.3. The summed E-state index contributed by atoms with van der Waals surface area (Å²) in [6.45, 7) is 2.91. The molecule has 5 rings (SSSR count). The van der Waals surface area contributed by atoms with Crippen molar-refractivity contribution in [2.75, 3.05) is 0 Å². The molecule has 2 nitrogen and oxygen atoms in total. The summed E-state index contributed by atoms with van der Waals surface area (Å²) in [7, 11) is 0. The minimum atomic E-state index is 0.797. The Morgan fingerprint density at radius 3 is 2.37 bits per heavy atom. The molecule has 2 heteroatoms. The minimum Gasteiger partial charge on any atom is -0.319 e. The number of nitrogens with zero attached hydrogens (tertiary/aromatic N) is 2. The summed E-state index contributed by atoms with van der Waals surface area (Å²) >= 11 is 0. The molecular weight excluding hydrogens is 328 g/mol. The van der Waals surface area contributed by atoms with Crippen LogP contribution in [0.25, 0.3) is 33.2 Å². The van der Waals surface area contributed by atoms with Crippen LogP contribution < -0.4 is 0 Å². The van der Waals surface area contributed by atoms with Crippen LogP contribution in [0.4, 0.5) is 0 Å². The van der Waals surface area contributed by atoms with Gasteiger partial charge in [-0.3, -0.25) is 0 Å². The summed E-state index contributed by atoms with van der Waals surface area (Å²) in [5, 5.41) is 2.57. The minimum absolute atomic E-state index is 0.797. The van der Waals surface area contributed by atoms with Gasteiger partial charge in [0.1, 0.15) is 5.82 Å². The summed E-state index contributed by atoms with van der Waals surface area (Å²) in [5.41, 5.74) is 5.92. The molecule has 0 amide bonds. The van der Waals surface area contributed by atoms with Gasteiger partial charge in [-0.1, -0.05) is 84.4 Å². The normalized spacial score (nSPS) is 11.3. The van der Waals surface area contributed by atoms with Gasteiger partial charge in [-0.15, -0.1) is 0 Å². The first-order chi connectivity index (χ1) is 13.3. The highest BCUT2D eigenvalue weighted by molar-refractivity contribution is 5.86. The Morgan fingerprint density at radius 1 is 0.741 bits per heavy atom. The van der Waals surface area contributed by atoms with Crippen molar-refractivity contribution < 1.29 is 0 Å². The van der Waals surface area contributed by atoms with E-state index in [2.05, 4.69) is 102 Å². The Kier molecular flexibility index (Phi) is 3.75. The lowest BCUT2D eigenvalue weighted by molar-refractivity contribution is 0.840. The van der Waals surface area contributed by atoms with Crippen LogP contribution >= 0.6 is 0 Å². The van der Waals surface area contributed by atoms with Gasteiger partial charge in [-0.05, 0) is 35.4 Å². The van der Waals surface area contributed by atoms with Crippen molar-refractivity contribution in [2.45, 2.75) is 13.5 Å². The predicted molar refractivity (Wildman–Crippen MR) is 113 cm³/mol. The lowest BCUT2D eigenvalue weighted by atomic mass is 10.0. The van der Waals surface area contributed by atoms with E-state index in [1.54, 1.807) is 0 Å². The highest BCUT2D eigenvalue weighted by Crippen LogP contribution is 2.28. The molecule has 1 heterocycles. The predicted octanol–water partition coefficient (Wildman–Crippen LogP) is 6.21. The maximum absolute atomic E-state index is 4.95. The van der Waals surface area contributed by atoms with Crippen LogP contribution in [0.2, 0.25) is 0 Å². The molecule has 0 saturated carbocycles. The molecule has 0 aliphatic rings. The third-order valence-corrected chi connectivity index (χ3v) is 5.17. The number of imidazole rings is 1. The molecule has 130 valence electrons. The molecule has 0 aliphatic heterocycles. The fourth-order valence-corrected chi connectivity index (χ4v) is 3.76. The monoisotopic (exact) mass is 348 g/mol. The molecule has 0 saturated heterocycles. The molecule has 0 N–H and O–H groups in total. The van der Waals surface area contributed by atoms with E-state index < -0.39 is 0 Å². The van der Waals surface area contributed by atoms with E-state index in [0.29, 0.717) is 0 Å². The zero-order chi connectivity index (χ0) is 18.2. The van der Waals surface area contributed by atoms with E-state index in [1.807, 2.05) is 0 Å². The Balaban J connectivity index is 1.72. The van der Waals surface area contributed by atoms with Crippen molar-refractivity contribution in [3.05, 3.63) is 102 Å². The van der Waals surface area contributed by atoms with E-state index in [-0.39, 0.29) is 0 Å². The molecule has 5 aromatic rings. The molecule has 27 heavy (non-hydrogen) atoms. The highest BCUT2D eigenvalue weighted by Gasteiger charge is 2.13. The third kappa shape index (κ3) is 2.80. The number of aromatic nitrogens is 2. The molecule has 0 aliphatic carbocycles. The van der Waals surface area contributed by atoms with Gasteiger partial charge in [-0.2, -0.15) is 0 Å². The van der Waals surface area contributed by atoms with Gasteiger partial charge in [0.2, 0.25) is 0 Å². The van der Waals surface area contributed by atoms with Crippen molar-refractivity contribution in [1.82, 2.24) is 9.55 Å². The zero-order valence-corrected chi connectivity index (χ0v) is 15.3. The summed E-state index contributed by atoms with van der Waals surface area (Å²) in [6, 6.07) is 32.1. The Bertz CT molecular complexity index is 1240. The third-order valence-electron chi connectivity index (χ3n) is 5.17. The summed E-state index contributed by atoms with van der Waals surface area (Å²) in [6.07, 6.45) is 0. The van der Waals surface area contributed by atoms with E-state index in [0.717, 1.165) is 23.4 Å². The Morgan fingerprint density at radius 2 is 1.48 bits per heavy atom. The van der Waals surface area contributed by atoms with Crippen LogP contribution in [0.3, 0.4) is 0 Å². The summed E-state index contributed by atoms with van der Waals surface area (Å²) in [4.78, 5) is 4.95.